The van der Waals surface area contributed by atoms with Gasteiger partial charge >= 0.3 is 5.97 Å². The number of aliphatic carboxylic acids is 1. The number of fused-ring (bicyclic) bond motifs is 1. The fourth-order valence-electron chi connectivity index (χ4n) is 2.81. The molecule has 126 valence electrons. The molecule has 2 amide bonds. The number of benzene rings is 1. The van der Waals surface area contributed by atoms with Gasteiger partial charge in [0.05, 0.1) is 13.0 Å². The van der Waals surface area contributed by atoms with Gasteiger partial charge < -0.3 is 15.5 Å². The fraction of sp³-hybridized carbons (Fsp3) is 0.312. The number of thioether (sulfide) groups is 1. The van der Waals surface area contributed by atoms with Crippen molar-refractivity contribution in [3.8, 4) is 0 Å². The lowest BCUT2D eigenvalue weighted by molar-refractivity contribution is -0.150. The highest BCUT2D eigenvalue weighted by Gasteiger charge is 2.54. The monoisotopic (exact) mass is 348 g/mol. The molecule has 1 aromatic rings. The van der Waals surface area contributed by atoms with E-state index in [1.807, 2.05) is 30.3 Å². The molecule has 7 nitrogen and oxygen atoms in total. The summed E-state index contributed by atoms with van der Waals surface area (Å²) in [5.41, 5.74) is 0.981. The number of carboxylic acids is 1. The molecule has 8 heteroatoms. The molecule has 0 saturated carbocycles. The first-order valence-corrected chi connectivity index (χ1v) is 8.42. The summed E-state index contributed by atoms with van der Waals surface area (Å²) in [6, 6.07) is 8.42. The molecular formula is C16H16N2O5S. The minimum atomic E-state index is -1.24. The Kier molecular flexibility index (Phi) is 4.59. The lowest BCUT2D eigenvalue weighted by Gasteiger charge is -2.49. The highest BCUT2D eigenvalue weighted by Crippen LogP contribution is 2.40. The van der Waals surface area contributed by atoms with Crippen molar-refractivity contribution in [2.75, 3.05) is 12.4 Å². The average molecular weight is 348 g/mol. The molecule has 0 aromatic heterocycles. The number of nitrogens with zero attached hydrogens (tertiary/aromatic N) is 1. The standard InChI is InChI=1S/C16H16N2O5S/c19-7-10-8-24-15-12(14(21)18(15)13(10)16(22)23)17-11(20)6-9-4-2-1-3-5-9/h1-5,12,15,19H,6-8H2,(H,17,20)(H,22,23)/t12-,15+/m1/s1. The predicted molar refractivity (Wildman–Crippen MR) is 86.9 cm³/mol. The Labute approximate surface area is 142 Å². The molecule has 0 unspecified atom stereocenters. The molecule has 2 atom stereocenters. The second-order valence-corrected chi connectivity index (χ2v) is 6.64. The number of amides is 2. The molecule has 0 radical (unpaired) electrons. The lowest BCUT2D eigenvalue weighted by Crippen LogP contribution is -2.70. The minimum absolute atomic E-state index is 0.158. The number of aliphatic hydroxyl groups excluding tert-OH is 1. The van der Waals surface area contributed by atoms with Gasteiger partial charge in [-0.3, -0.25) is 14.5 Å². The highest BCUT2D eigenvalue weighted by atomic mass is 32.2. The fourth-order valence-corrected chi connectivity index (χ4v) is 4.15. The Balaban J connectivity index is 1.69. The molecule has 1 fully saturated rings. The van der Waals surface area contributed by atoms with E-state index in [4.69, 9.17) is 0 Å². The summed E-state index contributed by atoms with van der Waals surface area (Å²) in [4.78, 5) is 36.9. The second-order valence-electron chi connectivity index (χ2n) is 5.53. The van der Waals surface area contributed by atoms with E-state index in [9.17, 15) is 24.6 Å². The lowest BCUT2D eigenvalue weighted by atomic mass is 10.0. The van der Waals surface area contributed by atoms with Gasteiger partial charge in [0.2, 0.25) is 5.91 Å². The van der Waals surface area contributed by atoms with Crippen LogP contribution in [-0.2, 0) is 20.8 Å². The number of rotatable bonds is 5. The van der Waals surface area contributed by atoms with Crippen molar-refractivity contribution < 1.29 is 24.6 Å². The first-order chi connectivity index (χ1) is 11.5. The van der Waals surface area contributed by atoms with Crippen LogP contribution in [0.2, 0.25) is 0 Å². The van der Waals surface area contributed by atoms with Gasteiger partial charge in [-0.05, 0) is 11.1 Å². The maximum atomic E-state index is 12.3. The summed E-state index contributed by atoms with van der Waals surface area (Å²) in [5.74, 6) is -1.67. The van der Waals surface area contributed by atoms with Crippen LogP contribution in [-0.4, -0.2) is 56.7 Å². The summed E-state index contributed by atoms with van der Waals surface area (Å²) in [6.07, 6.45) is 0.158. The van der Waals surface area contributed by atoms with Crippen molar-refractivity contribution in [1.82, 2.24) is 10.2 Å². The van der Waals surface area contributed by atoms with E-state index in [2.05, 4.69) is 5.32 Å². The van der Waals surface area contributed by atoms with E-state index in [1.165, 1.54) is 11.8 Å². The van der Waals surface area contributed by atoms with Gasteiger partial charge in [0.25, 0.3) is 5.91 Å². The third-order valence-electron chi connectivity index (χ3n) is 3.96. The number of hydrogen-bond donors (Lipinski definition) is 3. The van der Waals surface area contributed by atoms with E-state index in [-0.39, 0.29) is 18.0 Å². The van der Waals surface area contributed by atoms with Crippen molar-refractivity contribution in [2.45, 2.75) is 17.8 Å². The summed E-state index contributed by atoms with van der Waals surface area (Å²) < 4.78 is 0. The molecular weight excluding hydrogens is 332 g/mol. The summed E-state index contributed by atoms with van der Waals surface area (Å²) >= 11 is 1.34. The second kappa shape index (κ2) is 6.66. The Bertz CT molecular complexity index is 718. The highest BCUT2D eigenvalue weighted by molar-refractivity contribution is 8.00. The number of β-lactam (4-membered cyclic amide) rings is 1. The maximum absolute atomic E-state index is 12.3. The number of nitrogens with one attached hydrogen (secondary N) is 1. The van der Waals surface area contributed by atoms with Gasteiger partial charge in [-0.15, -0.1) is 11.8 Å². The smallest absolute Gasteiger partial charge is 0.352 e. The Morgan fingerprint density at radius 2 is 2.00 bits per heavy atom. The van der Waals surface area contributed by atoms with Crippen molar-refractivity contribution in [2.24, 2.45) is 0 Å². The van der Waals surface area contributed by atoms with Crippen LogP contribution >= 0.6 is 11.8 Å². The topological polar surface area (TPSA) is 107 Å². The van der Waals surface area contributed by atoms with Gasteiger partial charge in [0, 0.05) is 5.75 Å². The van der Waals surface area contributed by atoms with Gasteiger partial charge in [0.15, 0.2) is 0 Å². The van der Waals surface area contributed by atoms with Gasteiger partial charge in [-0.2, -0.15) is 0 Å². The van der Waals surface area contributed by atoms with E-state index < -0.39 is 29.9 Å². The third-order valence-corrected chi connectivity index (χ3v) is 5.30. The van der Waals surface area contributed by atoms with Gasteiger partial charge in [-0.1, -0.05) is 30.3 Å². The first kappa shape index (κ1) is 16.5. The van der Waals surface area contributed by atoms with E-state index in [1.54, 1.807) is 0 Å². The molecule has 0 spiro atoms. The first-order valence-electron chi connectivity index (χ1n) is 7.37. The quantitative estimate of drug-likeness (QED) is 0.645. The van der Waals surface area contributed by atoms with Crippen LogP contribution in [0.3, 0.4) is 0 Å². The maximum Gasteiger partial charge on any atom is 0.352 e. The zero-order chi connectivity index (χ0) is 17.3. The Hall–Kier alpha value is -2.32. The van der Waals surface area contributed by atoms with Crippen molar-refractivity contribution in [1.29, 1.82) is 0 Å². The average Bonchev–Trinajstić information content (AvgIpc) is 2.58. The number of carbonyl (C=O) groups is 3. The Morgan fingerprint density at radius 3 is 2.62 bits per heavy atom. The molecule has 1 saturated heterocycles. The van der Waals surface area contributed by atoms with Crippen molar-refractivity contribution >= 4 is 29.5 Å². The minimum Gasteiger partial charge on any atom is -0.477 e. The Morgan fingerprint density at radius 1 is 1.29 bits per heavy atom. The number of carbonyl (C=O) groups excluding carboxylic acids is 2. The summed E-state index contributed by atoms with van der Waals surface area (Å²) in [6.45, 7) is -0.407. The third kappa shape index (κ3) is 2.90. The number of hydrogen-bond acceptors (Lipinski definition) is 5. The molecule has 2 aliphatic rings. The van der Waals surface area contributed by atoms with Gasteiger partial charge in [0.1, 0.15) is 17.1 Å². The summed E-state index contributed by atoms with van der Waals surface area (Å²) in [5, 5.41) is 20.8. The molecule has 24 heavy (non-hydrogen) atoms. The predicted octanol–water partition coefficient (Wildman–Crippen LogP) is -0.0400. The zero-order valence-electron chi connectivity index (χ0n) is 12.6. The molecule has 3 rings (SSSR count). The van der Waals surface area contributed by atoms with Crippen LogP contribution in [0.25, 0.3) is 0 Å². The molecule has 1 aromatic carbocycles. The van der Waals surface area contributed by atoms with Crippen LogP contribution in [0.4, 0.5) is 0 Å². The van der Waals surface area contributed by atoms with E-state index in [0.29, 0.717) is 11.3 Å². The van der Waals surface area contributed by atoms with Crippen LogP contribution in [0.5, 0.6) is 0 Å². The van der Waals surface area contributed by atoms with E-state index >= 15 is 0 Å². The van der Waals surface area contributed by atoms with Crippen molar-refractivity contribution in [3.63, 3.8) is 0 Å². The molecule has 2 aliphatic heterocycles. The van der Waals surface area contributed by atoms with Crippen LogP contribution < -0.4 is 5.32 Å². The van der Waals surface area contributed by atoms with Gasteiger partial charge in [-0.25, -0.2) is 4.79 Å². The van der Waals surface area contributed by atoms with Crippen LogP contribution in [0, 0.1) is 0 Å². The zero-order valence-corrected chi connectivity index (χ0v) is 13.5. The molecule has 0 bridgehead atoms. The number of carboxylic acid groups (broad SMARTS) is 1. The van der Waals surface area contributed by atoms with Crippen molar-refractivity contribution in [3.05, 3.63) is 47.2 Å². The normalized spacial score (nSPS) is 22.7. The SMILES string of the molecule is O=C(Cc1ccccc1)N[C@@H]1C(=O)N2C(C(=O)O)=C(CO)CS[C@@H]12. The molecule has 2 heterocycles. The van der Waals surface area contributed by atoms with Crippen LogP contribution in [0.15, 0.2) is 41.6 Å². The molecule has 3 N–H and O–H groups in total. The van der Waals surface area contributed by atoms with Crippen LogP contribution in [0.1, 0.15) is 5.56 Å². The summed E-state index contributed by atoms with van der Waals surface area (Å²) in [7, 11) is 0. The molecule has 0 aliphatic carbocycles. The van der Waals surface area contributed by atoms with E-state index in [0.717, 1.165) is 10.5 Å². The largest absolute Gasteiger partial charge is 0.477 e. The number of aliphatic hydroxyl groups is 1.